The summed E-state index contributed by atoms with van der Waals surface area (Å²) < 4.78 is 42.6. The van der Waals surface area contributed by atoms with Gasteiger partial charge in [0.2, 0.25) is 5.88 Å². The highest BCUT2D eigenvalue weighted by molar-refractivity contribution is 5.93. The number of halogens is 2. The van der Waals surface area contributed by atoms with E-state index in [0.29, 0.717) is 23.1 Å². The predicted octanol–water partition coefficient (Wildman–Crippen LogP) is 4.88. The van der Waals surface area contributed by atoms with Crippen molar-refractivity contribution in [1.29, 1.82) is 0 Å². The molecule has 0 radical (unpaired) electrons. The molecule has 1 atom stereocenters. The quantitative estimate of drug-likeness (QED) is 0.597. The van der Waals surface area contributed by atoms with Crippen LogP contribution in [0.2, 0.25) is 0 Å². The van der Waals surface area contributed by atoms with E-state index in [0.717, 1.165) is 17.7 Å². The van der Waals surface area contributed by atoms with E-state index in [4.69, 9.17) is 14.2 Å². The average Bonchev–Trinajstić information content (AvgIpc) is 2.73. The molecule has 156 valence electrons. The minimum Gasteiger partial charge on any atom is -0.493 e. The molecule has 3 aromatic rings. The first kappa shape index (κ1) is 21.0. The van der Waals surface area contributed by atoms with Crippen molar-refractivity contribution in [1.82, 2.24) is 4.98 Å². The van der Waals surface area contributed by atoms with Gasteiger partial charge in [0, 0.05) is 12.1 Å². The lowest BCUT2D eigenvalue weighted by molar-refractivity contribution is -0.122. The van der Waals surface area contributed by atoms with Gasteiger partial charge >= 0.3 is 0 Å². The number of hydrogen-bond donors (Lipinski definition) is 1. The van der Waals surface area contributed by atoms with Gasteiger partial charge in [-0.1, -0.05) is 6.07 Å². The Balaban J connectivity index is 1.60. The molecule has 0 saturated heterocycles. The van der Waals surface area contributed by atoms with Crippen molar-refractivity contribution in [2.75, 3.05) is 12.4 Å². The maximum atomic E-state index is 13.3. The van der Waals surface area contributed by atoms with E-state index < -0.39 is 23.6 Å². The van der Waals surface area contributed by atoms with Gasteiger partial charge in [-0.2, -0.15) is 0 Å². The van der Waals surface area contributed by atoms with E-state index >= 15 is 0 Å². The molecule has 0 aliphatic carbocycles. The number of nitrogens with zero attached hydrogens (tertiary/aromatic N) is 1. The highest BCUT2D eigenvalue weighted by atomic mass is 19.2. The van der Waals surface area contributed by atoms with Crippen LogP contribution in [0.4, 0.5) is 14.5 Å². The van der Waals surface area contributed by atoms with Crippen LogP contribution in [-0.4, -0.2) is 24.1 Å². The van der Waals surface area contributed by atoms with Crippen LogP contribution in [0.15, 0.2) is 54.7 Å². The lowest BCUT2D eigenvalue weighted by Gasteiger charge is -2.15. The Morgan fingerprint density at radius 2 is 1.83 bits per heavy atom. The Hall–Kier alpha value is -3.68. The molecule has 0 aliphatic rings. The molecule has 8 heteroatoms. The summed E-state index contributed by atoms with van der Waals surface area (Å²) in [6.45, 7) is 3.43. The zero-order valence-electron chi connectivity index (χ0n) is 16.6. The first-order valence-corrected chi connectivity index (χ1v) is 9.07. The molecular weight excluding hydrogens is 394 g/mol. The second-order valence-electron chi connectivity index (χ2n) is 6.47. The molecule has 30 heavy (non-hydrogen) atoms. The van der Waals surface area contributed by atoms with Crippen molar-refractivity contribution in [2.24, 2.45) is 0 Å². The van der Waals surface area contributed by atoms with Gasteiger partial charge in [0.15, 0.2) is 29.2 Å². The maximum absolute atomic E-state index is 13.3. The predicted molar refractivity (Wildman–Crippen MR) is 107 cm³/mol. The number of hydrogen-bond acceptors (Lipinski definition) is 5. The fourth-order valence-corrected chi connectivity index (χ4v) is 2.54. The summed E-state index contributed by atoms with van der Waals surface area (Å²) in [5, 5.41) is 2.63. The van der Waals surface area contributed by atoms with E-state index in [2.05, 4.69) is 10.3 Å². The number of methoxy groups -OCH3 is 1. The molecule has 1 N–H and O–H groups in total. The monoisotopic (exact) mass is 414 g/mol. The first-order chi connectivity index (χ1) is 14.4. The Morgan fingerprint density at radius 3 is 2.50 bits per heavy atom. The number of aryl methyl sites for hydroxylation is 1. The Morgan fingerprint density at radius 1 is 1.03 bits per heavy atom. The van der Waals surface area contributed by atoms with Gasteiger partial charge in [-0.05, 0) is 49.7 Å². The fourth-order valence-electron chi connectivity index (χ4n) is 2.54. The zero-order chi connectivity index (χ0) is 21.7. The van der Waals surface area contributed by atoms with Crippen molar-refractivity contribution in [3.8, 4) is 23.1 Å². The molecule has 0 saturated carbocycles. The van der Waals surface area contributed by atoms with Crippen LogP contribution in [0.1, 0.15) is 12.5 Å². The number of nitrogens with one attached hydrogen (secondary N) is 1. The SMILES string of the molecule is COc1cc(C)ccc1Oc1ccc(NC(=O)C(C)Oc2ccc(F)c(F)c2)cn1. The molecule has 0 fully saturated rings. The van der Waals surface area contributed by atoms with Crippen molar-refractivity contribution < 1.29 is 27.8 Å². The van der Waals surface area contributed by atoms with Crippen molar-refractivity contribution >= 4 is 11.6 Å². The summed E-state index contributed by atoms with van der Waals surface area (Å²) >= 11 is 0. The molecule has 0 aliphatic heterocycles. The van der Waals surface area contributed by atoms with Gasteiger partial charge in [0.25, 0.3) is 5.91 Å². The molecule has 1 unspecified atom stereocenters. The molecule has 0 spiro atoms. The maximum Gasteiger partial charge on any atom is 0.265 e. The Kier molecular flexibility index (Phi) is 6.46. The Labute approximate surface area is 172 Å². The number of benzene rings is 2. The lowest BCUT2D eigenvalue weighted by atomic mass is 10.2. The summed E-state index contributed by atoms with van der Waals surface area (Å²) in [5.74, 6) is -1.05. The van der Waals surface area contributed by atoms with Gasteiger partial charge < -0.3 is 19.5 Å². The first-order valence-electron chi connectivity index (χ1n) is 9.07. The normalized spacial score (nSPS) is 11.5. The van der Waals surface area contributed by atoms with Crippen LogP contribution in [-0.2, 0) is 4.79 Å². The fraction of sp³-hybridized carbons (Fsp3) is 0.182. The topological polar surface area (TPSA) is 69.7 Å². The zero-order valence-corrected chi connectivity index (χ0v) is 16.6. The molecule has 6 nitrogen and oxygen atoms in total. The van der Waals surface area contributed by atoms with E-state index in [1.54, 1.807) is 25.3 Å². The lowest BCUT2D eigenvalue weighted by Crippen LogP contribution is -2.30. The van der Waals surface area contributed by atoms with Gasteiger partial charge in [0.05, 0.1) is 19.0 Å². The average molecular weight is 414 g/mol. The van der Waals surface area contributed by atoms with E-state index in [-0.39, 0.29) is 5.75 Å². The van der Waals surface area contributed by atoms with Gasteiger partial charge in [0.1, 0.15) is 5.75 Å². The number of pyridine rings is 1. The van der Waals surface area contributed by atoms with E-state index in [1.807, 2.05) is 19.1 Å². The van der Waals surface area contributed by atoms with Crippen molar-refractivity contribution in [2.45, 2.75) is 20.0 Å². The molecular formula is C22H20F2N2O4. The molecule has 2 aromatic carbocycles. The third-order valence-corrected chi connectivity index (χ3v) is 4.11. The molecule has 1 heterocycles. The second kappa shape index (κ2) is 9.21. The Bertz CT molecular complexity index is 1040. The number of rotatable bonds is 7. The van der Waals surface area contributed by atoms with Crippen LogP contribution >= 0.6 is 0 Å². The number of ether oxygens (including phenoxy) is 3. The molecule has 1 aromatic heterocycles. The van der Waals surface area contributed by atoms with Gasteiger partial charge in [-0.15, -0.1) is 0 Å². The summed E-state index contributed by atoms with van der Waals surface area (Å²) in [6, 6.07) is 11.8. The number of anilines is 1. The van der Waals surface area contributed by atoms with Crippen LogP contribution in [0, 0.1) is 18.6 Å². The van der Waals surface area contributed by atoms with Gasteiger partial charge in [-0.25, -0.2) is 13.8 Å². The molecule has 3 rings (SSSR count). The largest absolute Gasteiger partial charge is 0.493 e. The third-order valence-electron chi connectivity index (χ3n) is 4.11. The van der Waals surface area contributed by atoms with Crippen LogP contribution < -0.4 is 19.5 Å². The van der Waals surface area contributed by atoms with Crippen LogP contribution in [0.3, 0.4) is 0 Å². The highest BCUT2D eigenvalue weighted by Crippen LogP contribution is 2.31. The number of amides is 1. The number of aromatic nitrogens is 1. The van der Waals surface area contributed by atoms with E-state index in [1.165, 1.54) is 19.2 Å². The highest BCUT2D eigenvalue weighted by Gasteiger charge is 2.16. The van der Waals surface area contributed by atoms with Crippen LogP contribution in [0.25, 0.3) is 0 Å². The molecule has 1 amide bonds. The van der Waals surface area contributed by atoms with Crippen LogP contribution in [0.5, 0.6) is 23.1 Å². The minimum atomic E-state index is -1.05. The van der Waals surface area contributed by atoms with Gasteiger partial charge in [-0.3, -0.25) is 4.79 Å². The number of carbonyl (C=O) groups excluding carboxylic acids is 1. The molecule has 0 bridgehead atoms. The number of carbonyl (C=O) groups is 1. The van der Waals surface area contributed by atoms with Crippen molar-refractivity contribution in [3.05, 3.63) is 71.9 Å². The standard InChI is InChI=1S/C22H20F2N2O4/c1-13-4-8-19(20(10-13)28-3)30-21-9-5-15(12-25-21)26-22(27)14(2)29-16-6-7-17(23)18(24)11-16/h4-12,14H,1-3H3,(H,26,27). The smallest absolute Gasteiger partial charge is 0.265 e. The summed E-state index contributed by atoms with van der Waals surface area (Å²) in [4.78, 5) is 16.4. The minimum absolute atomic E-state index is 0.0467. The van der Waals surface area contributed by atoms with E-state index in [9.17, 15) is 13.6 Å². The van der Waals surface area contributed by atoms with Crippen molar-refractivity contribution in [3.63, 3.8) is 0 Å². The summed E-state index contributed by atoms with van der Waals surface area (Å²) in [7, 11) is 1.55. The summed E-state index contributed by atoms with van der Waals surface area (Å²) in [6.07, 6.45) is 0.487. The second-order valence-corrected chi connectivity index (χ2v) is 6.47. The summed E-state index contributed by atoms with van der Waals surface area (Å²) in [5.41, 5.74) is 1.45. The third kappa shape index (κ3) is 5.22.